The number of aromatic nitrogens is 1. The standard InChI is InChI=1S/C16H19N3O6S/c1-10-15(12(3)25-17-10)26(23,24)18-11(2)16(22)19(9-14(20)21)13-7-5-4-6-8-13/h4-8,11,18H,9H2,1-3H3,(H,20,21). The number of carboxylic acids is 1. The van der Waals surface area contributed by atoms with E-state index in [4.69, 9.17) is 9.63 Å². The van der Waals surface area contributed by atoms with E-state index in [1.807, 2.05) is 0 Å². The summed E-state index contributed by atoms with van der Waals surface area (Å²) in [5.74, 6) is -1.82. The van der Waals surface area contributed by atoms with Gasteiger partial charge in [0.2, 0.25) is 15.9 Å². The molecule has 1 aromatic heterocycles. The zero-order valence-corrected chi connectivity index (χ0v) is 15.3. The number of hydrogen-bond donors (Lipinski definition) is 2. The molecular weight excluding hydrogens is 362 g/mol. The van der Waals surface area contributed by atoms with Crippen molar-refractivity contribution in [2.45, 2.75) is 31.7 Å². The number of benzene rings is 1. The highest BCUT2D eigenvalue weighted by Gasteiger charge is 2.31. The van der Waals surface area contributed by atoms with Crippen LogP contribution in [0.25, 0.3) is 0 Å². The highest BCUT2D eigenvalue weighted by atomic mass is 32.2. The van der Waals surface area contributed by atoms with Gasteiger partial charge in [-0.1, -0.05) is 23.4 Å². The summed E-state index contributed by atoms with van der Waals surface area (Å²) < 4.78 is 32.2. The van der Waals surface area contributed by atoms with Gasteiger partial charge in [0.25, 0.3) is 0 Å². The van der Waals surface area contributed by atoms with Gasteiger partial charge in [0.1, 0.15) is 17.1 Å². The van der Waals surface area contributed by atoms with Crippen molar-refractivity contribution < 1.29 is 27.6 Å². The van der Waals surface area contributed by atoms with Crippen molar-refractivity contribution in [2.24, 2.45) is 0 Å². The number of amides is 1. The fourth-order valence-corrected chi connectivity index (χ4v) is 4.00. The molecule has 10 heteroatoms. The normalized spacial score (nSPS) is 12.6. The van der Waals surface area contributed by atoms with Crippen LogP contribution in [-0.4, -0.2) is 43.1 Å². The number of carboxylic acid groups (broad SMARTS) is 1. The van der Waals surface area contributed by atoms with E-state index in [2.05, 4.69) is 9.88 Å². The minimum atomic E-state index is -4.07. The largest absolute Gasteiger partial charge is 0.480 e. The Morgan fingerprint density at radius 2 is 1.88 bits per heavy atom. The van der Waals surface area contributed by atoms with E-state index in [0.29, 0.717) is 5.69 Å². The van der Waals surface area contributed by atoms with Gasteiger partial charge in [-0.05, 0) is 32.9 Å². The molecule has 140 valence electrons. The van der Waals surface area contributed by atoms with Crippen LogP contribution < -0.4 is 9.62 Å². The molecule has 0 aliphatic rings. The van der Waals surface area contributed by atoms with Crippen molar-refractivity contribution >= 4 is 27.6 Å². The van der Waals surface area contributed by atoms with Crippen LogP contribution in [0.5, 0.6) is 0 Å². The number of anilines is 1. The van der Waals surface area contributed by atoms with Crippen molar-refractivity contribution in [2.75, 3.05) is 11.4 Å². The molecule has 0 aliphatic carbocycles. The molecule has 1 aromatic carbocycles. The van der Waals surface area contributed by atoms with Crippen molar-refractivity contribution in [3.8, 4) is 0 Å². The number of aryl methyl sites for hydroxylation is 2. The number of carbonyl (C=O) groups excluding carboxylic acids is 1. The maximum Gasteiger partial charge on any atom is 0.323 e. The lowest BCUT2D eigenvalue weighted by molar-refractivity contribution is -0.136. The van der Waals surface area contributed by atoms with Gasteiger partial charge in [0.05, 0.1) is 6.04 Å². The molecule has 0 spiro atoms. The Hall–Kier alpha value is -2.72. The summed E-state index contributed by atoms with van der Waals surface area (Å²) in [7, 11) is -4.07. The van der Waals surface area contributed by atoms with Crippen LogP contribution in [0.1, 0.15) is 18.4 Å². The molecular formula is C16H19N3O6S. The number of aliphatic carboxylic acids is 1. The van der Waals surface area contributed by atoms with Gasteiger partial charge in [-0.2, -0.15) is 4.72 Å². The number of sulfonamides is 1. The van der Waals surface area contributed by atoms with E-state index in [-0.39, 0.29) is 16.3 Å². The zero-order chi connectivity index (χ0) is 19.5. The first-order valence-corrected chi connectivity index (χ1v) is 9.15. The average molecular weight is 381 g/mol. The van der Waals surface area contributed by atoms with E-state index >= 15 is 0 Å². The summed E-state index contributed by atoms with van der Waals surface area (Å²) in [5.41, 5.74) is 0.517. The molecule has 0 saturated heterocycles. The maximum absolute atomic E-state index is 12.7. The summed E-state index contributed by atoms with van der Waals surface area (Å²) in [6, 6.07) is 6.95. The van der Waals surface area contributed by atoms with Gasteiger partial charge >= 0.3 is 5.97 Å². The number of carbonyl (C=O) groups is 2. The minimum Gasteiger partial charge on any atom is -0.480 e. The van der Waals surface area contributed by atoms with Gasteiger partial charge < -0.3 is 9.63 Å². The highest BCUT2D eigenvalue weighted by molar-refractivity contribution is 7.89. The fourth-order valence-electron chi connectivity index (χ4n) is 2.47. The Morgan fingerprint density at radius 1 is 1.27 bits per heavy atom. The first-order chi connectivity index (χ1) is 12.1. The molecule has 0 radical (unpaired) electrons. The van der Waals surface area contributed by atoms with Crippen molar-refractivity contribution in [3.05, 3.63) is 41.8 Å². The number of nitrogens with zero attached hydrogens (tertiary/aromatic N) is 2. The molecule has 0 fully saturated rings. The van der Waals surface area contributed by atoms with E-state index in [1.165, 1.54) is 20.8 Å². The van der Waals surface area contributed by atoms with Crippen LogP contribution in [0.2, 0.25) is 0 Å². The van der Waals surface area contributed by atoms with Gasteiger partial charge in [-0.15, -0.1) is 0 Å². The van der Waals surface area contributed by atoms with Crippen LogP contribution in [0.15, 0.2) is 39.8 Å². The summed E-state index contributed by atoms with van der Waals surface area (Å²) in [4.78, 5) is 24.7. The SMILES string of the molecule is Cc1noc(C)c1S(=O)(=O)NC(C)C(=O)N(CC(=O)O)c1ccccc1. The minimum absolute atomic E-state index is 0.0973. The number of nitrogens with one attached hydrogen (secondary N) is 1. The van der Waals surface area contributed by atoms with Crippen molar-refractivity contribution in [1.82, 2.24) is 9.88 Å². The first kappa shape index (κ1) is 19.6. The Kier molecular flexibility index (Phi) is 5.78. The topological polar surface area (TPSA) is 130 Å². The molecule has 2 N–H and O–H groups in total. The zero-order valence-electron chi connectivity index (χ0n) is 14.5. The van der Waals surface area contributed by atoms with Gasteiger partial charge in [0.15, 0.2) is 5.76 Å². The predicted molar refractivity (Wildman–Crippen MR) is 92.2 cm³/mol. The third-order valence-electron chi connectivity index (χ3n) is 3.57. The second kappa shape index (κ2) is 7.67. The molecule has 1 unspecified atom stereocenters. The molecule has 0 saturated carbocycles. The second-order valence-corrected chi connectivity index (χ2v) is 7.30. The quantitative estimate of drug-likeness (QED) is 0.734. The molecule has 9 nitrogen and oxygen atoms in total. The van der Waals surface area contributed by atoms with Gasteiger partial charge in [0, 0.05) is 5.69 Å². The van der Waals surface area contributed by atoms with E-state index in [9.17, 15) is 18.0 Å². The lowest BCUT2D eigenvalue weighted by Gasteiger charge is -2.24. The van der Waals surface area contributed by atoms with Crippen LogP contribution in [0, 0.1) is 13.8 Å². The monoisotopic (exact) mass is 381 g/mol. The van der Waals surface area contributed by atoms with Crippen molar-refractivity contribution in [1.29, 1.82) is 0 Å². The Labute approximate surface area is 150 Å². The number of rotatable bonds is 7. The summed E-state index contributed by atoms with van der Waals surface area (Å²) >= 11 is 0. The van der Waals surface area contributed by atoms with Crippen LogP contribution >= 0.6 is 0 Å². The molecule has 2 rings (SSSR count). The first-order valence-electron chi connectivity index (χ1n) is 7.67. The van der Waals surface area contributed by atoms with Crippen molar-refractivity contribution in [3.63, 3.8) is 0 Å². The number of hydrogen-bond acceptors (Lipinski definition) is 6. The molecule has 1 atom stereocenters. The van der Waals surface area contributed by atoms with E-state index in [1.54, 1.807) is 30.3 Å². The number of para-hydroxylation sites is 1. The molecule has 0 aliphatic heterocycles. The molecule has 26 heavy (non-hydrogen) atoms. The highest BCUT2D eigenvalue weighted by Crippen LogP contribution is 2.20. The molecule has 1 amide bonds. The lowest BCUT2D eigenvalue weighted by atomic mass is 10.2. The maximum atomic E-state index is 12.7. The van der Waals surface area contributed by atoms with E-state index < -0.39 is 34.5 Å². The summed E-state index contributed by atoms with van der Waals surface area (Å²) in [5, 5.41) is 12.7. The smallest absolute Gasteiger partial charge is 0.323 e. The summed E-state index contributed by atoms with van der Waals surface area (Å²) in [6.07, 6.45) is 0. The van der Waals surface area contributed by atoms with Crippen LogP contribution in [-0.2, 0) is 19.6 Å². The van der Waals surface area contributed by atoms with Crippen LogP contribution in [0.4, 0.5) is 5.69 Å². The van der Waals surface area contributed by atoms with Crippen LogP contribution in [0.3, 0.4) is 0 Å². The van der Waals surface area contributed by atoms with Gasteiger partial charge in [-0.25, -0.2) is 8.42 Å². The fraction of sp³-hybridized carbons (Fsp3) is 0.312. The Bertz CT molecular complexity index is 888. The van der Waals surface area contributed by atoms with Gasteiger partial charge in [-0.3, -0.25) is 14.5 Å². The third kappa shape index (κ3) is 4.27. The Balaban J connectivity index is 2.27. The lowest BCUT2D eigenvalue weighted by Crippen LogP contribution is -2.48. The summed E-state index contributed by atoms with van der Waals surface area (Å²) in [6.45, 7) is 3.66. The molecule has 0 bridgehead atoms. The average Bonchev–Trinajstić information content (AvgIpc) is 2.91. The molecule has 2 aromatic rings. The Morgan fingerprint density at radius 3 is 2.38 bits per heavy atom. The predicted octanol–water partition coefficient (Wildman–Crippen LogP) is 1.08. The third-order valence-corrected chi connectivity index (χ3v) is 5.35. The second-order valence-electron chi connectivity index (χ2n) is 5.65. The molecule has 1 heterocycles. The van der Waals surface area contributed by atoms with E-state index in [0.717, 1.165) is 4.90 Å².